The number of ether oxygens (including phenoxy) is 1. The maximum absolute atomic E-state index is 13.8. The number of benzene rings is 1. The number of esters is 1. The molecule has 0 aliphatic heterocycles. The highest BCUT2D eigenvalue weighted by Crippen LogP contribution is 2.14. The first-order chi connectivity index (χ1) is 9.65. The van der Waals surface area contributed by atoms with Crippen LogP contribution in [0.3, 0.4) is 0 Å². The molecule has 1 aromatic heterocycles. The number of imidazole rings is 1. The van der Waals surface area contributed by atoms with Gasteiger partial charge in [0.2, 0.25) is 0 Å². The summed E-state index contributed by atoms with van der Waals surface area (Å²) in [6, 6.07) is 4.54. The van der Waals surface area contributed by atoms with Crippen LogP contribution in [0.25, 0.3) is 0 Å². The van der Waals surface area contributed by atoms with Gasteiger partial charge >= 0.3 is 5.97 Å². The van der Waals surface area contributed by atoms with Gasteiger partial charge in [-0.3, -0.25) is 0 Å². The molecule has 0 saturated carbocycles. The Morgan fingerprint density at radius 3 is 2.90 bits per heavy atom. The van der Waals surface area contributed by atoms with E-state index < -0.39 is 11.8 Å². The van der Waals surface area contributed by atoms with E-state index in [4.69, 9.17) is 0 Å². The second-order valence-corrected chi connectivity index (χ2v) is 4.53. The zero-order valence-electron chi connectivity index (χ0n) is 11.6. The molecule has 0 unspecified atom stereocenters. The van der Waals surface area contributed by atoms with Crippen molar-refractivity contribution in [3.05, 3.63) is 53.4 Å². The van der Waals surface area contributed by atoms with E-state index >= 15 is 0 Å². The highest BCUT2D eigenvalue weighted by atomic mass is 19.1. The molecular weight excluding hydrogens is 259 g/mol. The van der Waals surface area contributed by atoms with Crippen molar-refractivity contribution in [1.29, 1.82) is 0 Å². The Kier molecular flexibility index (Phi) is 4.50. The molecule has 4 nitrogen and oxygen atoms in total. The average molecular weight is 276 g/mol. The van der Waals surface area contributed by atoms with E-state index in [1.54, 1.807) is 12.3 Å². The van der Waals surface area contributed by atoms with Crippen molar-refractivity contribution in [2.24, 2.45) is 0 Å². The molecule has 20 heavy (non-hydrogen) atoms. The quantitative estimate of drug-likeness (QED) is 0.789. The van der Waals surface area contributed by atoms with Crippen LogP contribution in [0.2, 0.25) is 0 Å². The van der Waals surface area contributed by atoms with Gasteiger partial charge in [-0.05, 0) is 24.1 Å². The zero-order chi connectivity index (χ0) is 14.5. The summed E-state index contributed by atoms with van der Waals surface area (Å²) in [6.45, 7) is 2.62. The molecule has 0 radical (unpaired) electrons. The molecule has 0 aliphatic carbocycles. The zero-order valence-corrected chi connectivity index (χ0v) is 11.6. The van der Waals surface area contributed by atoms with E-state index in [9.17, 15) is 9.18 Å². The fourth-order valence-corrected chi connectivity index (χ4v) is 2.06. The van der Waals surface area contributed by atoms with Crippen LogP contribution in [-0.4, -0.2) is 22.6 Å². The van der Waals surface area contributed by atoms with Crippen LogP contribution < -0.4 is 0 Å². The second kappa shape index (κ2) is 6.32. The van der Waals surface area contributed by atoms with E-state index in [-0.39, 0.29) is 5.56 Å². The molecule has 0 atom stereocenters. The minimum atomic E-state index is -0.664. The fourth-order valence-electron chi connectivity index (χ4n) is 2.06. The van der Waals surface area contributed by atoms with Crippen molar-refractivity contribution in [3.63, 3.8) is 0 Å². The number of aryl methyl sites for hydroxylation is 1. The lowest BCUT2D eigenvalue weighted by Gasteiger charge is -2.08. The normalized spacial score (nSPS) is 10.6. The number of methoxy groups -OCH3 is 1. The van der Waals surface area contributed by atoms with Gasteiger partial charge in [-0.15, -0.1) is 0 Å². The third-order valence-electron chi connectivity index (χ3n) is 3.07. The Balaban J connectivity index is 2.20. The predicted molar refractivity (Wildman–Crippen MR) is 73.1 cm³/mol. The lowest BCUT2D eigenvalue weighted by atomic mass is 10.1. The summed E-state index contributed by atoms with van der Waals surface area (Å²) < 4.78 is 20.3. The van der Waals surface area contributed by atoms with Gasteiger partial charge in [-0.2, -0.15) is 0 Å². The smallest absolute Gasteiger partial charge is 0.340 e. The highest BCUT2D eigenvalue weighted by Gasteiger charge is 2.12. The summed E-state index contributed by atoms with van der Waals surface area (Å²) in [5, 5.41) is 0. The molecule has 0 fully saturated rings. The summed E-state index contributed by atoms with van der Waals surface area (Å²) in [6.07, 6.45) is 5.50. The Morgan fingerprint density at radius 1 is 1.45 bits per heavy atom. The first-order valence-corrected chi connectivity index (χ1v) is 6.52. The van der Waals surface area contributed by atoms with Gasteiger partial charge in [0.05, 0.1) is 12.7 Å². The van der Waals surface area contributed by atoms with Crippen molar-refractivity contribution in [2.45, 2.75) is 26.3 Å². The molecule has 1 aromatic carbocycles. The fraction of sp³-hybridized carbons (Fsp3) is 0.333. The lowest BCUT2D eigenvalue weighted by Crippen LogP contribution is -2.07. The number of hydrogen-bond acceptors (Lipinski definition) is 3. The summed E-state index contributed by atoms with van der Waals surface area (Å²) >= 11 is 0. The molecule has 0 saturated heterocycles. The van der Waals surface area contributed by atoms with Gasteiger partial charge in [-0.25, -0.2) is 14.2 Å². The van der Waals surface area contributed by atoms with Crippen molar-refractivity contribution < 1.29 is 13.9 Å². The average Bonchev–Trinajstić information content (AvgIpc) is 2.86. The van der Waals surface area contributed by atoms with Crippen LogP contribution >= 0.6 is 0 Å². The van der Waals surface area contributed by atoms with E-state index in [0.717, 1.165) is 24.2 Å². The van der Waals surface area contributed by atoms with E-state index in [1.165, 1.54) is 19.2 Å². The number of carbonyl (C=O) groups excluding carboxylic acids is 1. The Morgan fingerprint density at radius 2 is 2.25 bits per heavy atom. The topological polar surface area (TPSA) is 44.1 Å². The molecular formula is C15H17FN2O2. The molecule has 106 valence electrons. The molecule has 0 bridgehead atoms. The van der Waals surface area contributed by atoms with Crippen LogP contribution in [-0.2, 0) is 17.7 Å². The van der Waals surface area contributed by atoms with Crippen LogP contribution in [0, 0.1) is 5.82 Å². The van der Waals surface area contributed by atoms with Crippen LogP contribution in [0.5, 0.6) is 0 Å². The summed E-state index contributed by atoms with van der Waals surface area (Å²) in [5.74, 6) is -0.250. The largest absolute Gasteiger partial charge is 0.465 e. The van der Waals surface area contributed by atoms with Gasteiger partial charge in [0.25, 0.3) is 0 Å². The predicted octanol–water partition coefficient (Wildman–Crippen LogP) is 2.81. The van der Waals surface area contributed by atoms with Gasteiger partial charge < -0.3 is 9.30 Å². The lowest BCUT2D eigenvalue weighted by molar-refractivity contribution is 0.0595. The van der Waals surface area contributed by atoms with Gasteiger partial charge in [0, 0.05) is 25.4 Å². The van der Waals surface area contributed by atoms with Crippen molar-refractivity contribution in [1.82, 2.24) is 9.55 Å². The second-order valence-electron chi connectivity index (χ2n) is 4.53. The van der Waals surface area contributed by atoms with Gasteiger partial charge in [-0.1, -0.05) is 13.0 Å². The summed E-state index contributed by atoms with van der Waals surface area (Å²) in [4.78, 5) is 15.6. The number of aromatic nitrogens is 2. The highest BCUT2D eigenvalue weighted by molar-refractivity contribution is 5.89. The Bertz CT molecular complexity index is 608. The molecule has 0 N–H and O–H groups in total. The Labute approximate surface area is 117 Å². The minimum absolute atomic E-state index is 0.0457. The number of halogens is 1. The summed E-state index contributed by atoms with van der Waals surface area (Å²) in [5.41, 5.74) is 0.737. The van der Waals surface area contributed by atoms with Crippen LogP contribution in [0.1, 0.15) is 35.1 Å². The minimum Gasteiger partial charge on any atom is -0.465 e. The monoisotopic (exact) mass is 276 g/mol. The third kappa shape index (κ3) is 3.04. The molecule has 2 rings (SSSR count). The van der Waals surface area contributed by atoms with Crippen molar-refractivity contribution in [2.75, 3.05) is 7.11 Å². The number of rotatable bonds is 5. The van der Waals surface area contributed by atoms with Gasteiger partial charge in [0.15, 0.2) is 0 Å². The number of hydrogen-bond donors (Lipinski definition) is 0. The standard InChI is InChI=1S/C15H17FN2O2/c1-3-4-14-17-7-8-18(14)10-11-5-6-12(13(16)9-11)15(19)20-2/h5-9H,3-4,10H2,1-2H3. The Hall–Kier alpha value is -2.17. The molecule has 1 heterocycles. The molecule has 0 spiro atoms. The summed E-state index contributed by atoms with van der Waals surface area (Å²) in [7, 11) is 1.23. The maximum atomic E-state index is 13.8. The number of nitrogens with zero attached hydrogens (tertiary/aromatic N) is 2. The van der Waals surface area contributed by atoms with Crippen molar-refractivity contribution in [3.8, 4) is 0 Å². The van der Waals surface area contributed by atoms with E-state index in [2.05, 4.69) is 16.6 Å². The molecule has 0 aliphatic rings. The van der Waals surface area contributed by atoms with E-state index in [0.29, 0.717) is 6.54 Å². The molecule has 5 heteroatoms. The molecule has 0 amide bonds. The number of carbonyl (C=O) groups is 1. The van der Waals surface area contributed by atoms with Crippen LogP contribution in [0.15, 0.2) is 30.6 Å². The molecule has 2 aromatic rings. The SMILES string of the molecule is CCCc1nccn1Cc1ccc(C(=O)OC)c(F)c1. The first-order valence-electron chi connectivity index (χ1n) is 6.52. The van der Waals surface area contributed by atoms with Gasteiger partial charge in [0.1, 0.15) is 11.6 Å². The first kappa shape index (κ1) is 14.2. The van der Waals surface area contributed by atoms with Crippen molar-refractivity contribution >= 4 is 5.97 Å². The third-order valence-corrected chi connectivity index (χ3v) is 3.07. The van der Waals surface area contributed by atoms with Crippen LogP contribution in [0.4, 0.5) is 4.39 Å². The maximum Gasteiger partial charge on any atom is 0.340 e. The van der Waals surface area contributed by atoms with E-state index in [1.807, 2.05) is 10.8 Å².